The van der Waals surface area contributed by atoms with E-state index in [0.29, 0.717) is 23.9 Å². The molecule has 0 aliphatic rings. The summed E-state index contributed by atoms with van der Waals surface area (Å²) in [5.41, 5.74) is 0.502. The normalized spacial score (nSPS) is 10.5. The maximum Gasteiger partial charge on any atom is 0.128 e. The lowest BCUT2D eigenvalue weighted by Gasteiger charge is -2.18. The molecule has 0 amide bonds. The zero-order valence-corrected chi connectivity index (χ0v) is 10.4. The van der Waals surface area contributed by atoms with E-state index in [4.69, 9.17) is 21.4 Å². The molecule has 0 radical (unpaired) electrons. The molecule has 0 spiro atoms. The third-order valence-corrected chi connectivity index (χ3v) is 2.56. The highest BCUT2D eigenvalue weighted by Crippen LogP contribution is 2.18. The molecule has 16 heavy (non-hydrogen) atoms. The molecule has 4 nitrogen and oxygen atoms in total. The average molecular weight is 245 g/mol. The molecule has 0 fully saturated rings. The number of nitrogens with zero attached hydrogens (tertiary/aromatic N) is 2. The van der Waals surface area contributed by atoms with E-state index in [0.717, 1.165) is 12.4 Å². The van der Waals surface area contributed by atoms with Crippen molar-refractivity contribution in [2.24, 2.45) is 0 Å². The fourth-order valence-corrected chi connectivity index (χ4v) is 1.42. The topological polar surface area (TPSA) is 45.6 Å². The number of hydrogen-bond donors (Lipinski definition) is 1. The summed E-state index contributed by atoms with van der Waals surface area (Å²) in [5.74, 6) is 0.785. The second-order valence-electron chi connectivity index (χ2n) is 3.37. The predicted octanol–water partition coefficient (Wildman–Crippen LogP) is 1.70. The Labute approximate surface area is 101 Å². The number of ether oxygens (including phenoxy) is 1. The minimum absolute atomic E-state index is 0.147. The van der Waals surface area contributed by atoms with Gasteiger partial charge in [-0.15, -0.1) is 0 Å². The van der Waals surface area contributed by atoms with Crippen LogP contribution < -0.4 is 4.90 Å². The summed E-state index contributed by atoms with van der Waals surface area (Å²) in [5, 5.41) is 9.54. The molecule has 0 aliphatic heterocycles. The number of hydrogen-bond acceptors (Lipinski definition) is 4. The van der Waals surface area contributed by atoms with Crippen LogP contribution >= 0.6 is 11.6 Å². The first-order valence-corrected chi connectivity index (χ1v) is 5.62. The lowest BCUT2D eigenvalue weighted by atomic mass is 10.3. The number of rotatable bonds is 6. The number of aliphatic hydroxyl groups is 1. The van der Waals surface area contributed by atoms with Crippen LogP contribution in [0.5, 0.6) is 0 Å². The number of pyridine rings is 1. The second kappa shape index (κ2) is 6.68. The molecule has 0 aliphatic carbocycles. The number of likely N-dealkylation sites (N-methyl/N-ethyl adjacent to an activating group) is 1. The summed E-state index contributed by atoms with van der Waals surface area (Å²) < 4.78 is 5.26. The highest BCUT2D eigenvalue weighted by atomic mass is 35.5. The zero-order valence-electron chi connectivity index (χ0n) is 9.61. The maximum atomic E-state index is 9.05. The van der Waals surface area contributed by atoms with Crippen molar-refractivity contribution in [3.63, 3.8) is 0 Å². The summed E-state index contributed by atoms with van der Waals surface area (Å²) in [4.78, 5) is 6.22. The minimum Gasteiger partial charge on any atom is -0.390 e. The molecule has 0 atom stereocenters. The minimum atomic E-state index is -0.147. The van der Waals surface area contributed by atoms with E-state index in [-0.39, 0.29) is 6.61 Å². The van der Waals surface area contributed by atoms with Crippen LogP contribution in [0.15, 0.2) is 12.1 Å². The van der Waals surface area contributed by atoms with E-state index in [1.807, 2.05) is 24.9 Å². The second-order valence-corrected chi connectivity index (χ2v) is 3.78. The monoisotopic (exact) mass is 244 g/mol. The first-order chi connectivity index (χ1) is 7.69. The smallest absolute Gasteiger partial charge is 0.128 e. The predicted molar refractivity (Wildman–Crippen MR) is 64.9 cm³/mol. The molecule has 0 saturated carbocycles. The van der Waals surface area contributed by atoms with Crippen LogP contribution in [0.25, 0.3) is 0 Å². The number of halogens is 1. The van der Waals surface area contributed by atoms with E-state index >= 15 is 0 Å². The summed E-state index contributed by atoms with van der Waals surface area (Å²) in [6.45, 7) is 3.94. The van der Waals surface area contributed by atoms with Crippen molar-refractivity contribution in [3.8, 4) is 0 Å². The average Bonchev–Trinajstić information content (AvgIpc) is 2.30. The molecule has 1 N–H and O–H groups in total. The van der Waals surface area contributed by atoms with E-state index in [2.05, 4.69) is 4.98 Å². The van der Waals surface area contributed by atoms with Crippen molar-refractivity contribution in [2.45, 2.75) is 13.5 Å². The zero-order chi connectivity index (χ0) is 12.0. The lowest BCUT2D eigenvalue weighted by Crippen LogP contribution is -2.23. The van der Waals surface area contributed by atoms with E-state index < -0.39 is 0 Å². The summed E-state index contributed by atoms with van der Waals surface area (Å²) in [6.07, 6.45) is 0. The van der Waals surface area contributed by atoms with Crippen molar-refractivity contribution < 1.29 is 9.84 Å². The van der Waals surface area contributed by atoms with Gasteiger partial charge >= 0.3 is 0 Å². The van der Waals surface area contributed by atoms with Crippen LogP contribution in [0.1, 0.15) is 12.6 Å². The Morgan fingerprint density at radius 1 is 1.50 bits per heavy atom. The van der Waals surface area contributed by atoms with Gasteiger partial charge in [-0.1, -0.05) is 11.6 Å². The molecule has 1 rings (SSSR count). The fourth-order valence-electron chi connectivity index (χ4n) is 1.26. The summed E-state index contributed by atoms with van der Waals surface area (Å²) >= 11 is 5.86. The van der Waals surface area contributed by atoms with Gasteiger partial charge in [0.05, 0.1) is 23.9 Å². The van der Waals surface area contributed by atoms with Gasteiger partial charge < -0.3 is 14.7 Å². The fraction of sp³-hybridized carbons (Fsp3) is 0.545. The molecule has 0 aromatic carbocycles. The Bertz CT molecular complexity index is 334. The molecule has 5 heteroatoms. The molecular weight excluding hydrogens is 228 g/mol. The van der Waals surface area contributed by atoms with Gasteiger partial charge in [0.15, 0.2) is 0 Å². The first-order valence-electron chi connectivity index (χ1n) is 5.24. The Balaban J connectivity index is 2.64. The third kappa shape index (κ3) is 3.63. The highest BCUT2D eigenvalue weighted by Gasteiger charge is 2.06. The Morgan fingerprint density at radius 2 is 2.25 bits per heavy atom. The number of anilines is 1. The van der Waals surface area contributed by atoms with Crippen LogP contribution in [-0.2, 0) is 11.3 Å². The number of aliphatic hydroxyl groups excluding tert-OH is 1. The Hall–Kier alpha value is -0.840. The van der Waals surface area contributed by atoms with Gasteiger partial charge in [0, 0.05) is 20.2 Å². The summed E-state index contributed by atoms with van der Waals surface area (Å²) in [6, 6.07) is 3.57. The first kappa shape index (κ1) is 13.2. The van der Waals surface area contributed by atoms with Gasteiger partial charge in [0.1, 0.15) is 5.82 Å². The lowest BCUT2D eigenvalue weighted by molar-refractivity contribution is 0.154. The van der Waals surface area contributed by atoms with Crippen LogP contribution in [0, 0.1) is 0 Å². The van der Waals surface area contributed by atoms with Crippen LogP contribution in [0.4, 0.5) is 5.82 Å². The molecule has 1 aromatic heterocycles. The van der Waals surface area contributed by atoms with Gasteiger partial charge in [-0.3, -0.25) is 0 Å². The SMILES string of the molecule is CCOCCN(C)c1ccc(Cl)c(CO)n1. The third-order valence-electron chi connectivity index (χ3n) is 2.22. The van der Waals surface area contributed by atoms with Gasteiger partial charge in [-0.2, -0.15) is 0 Å². The number of aromatic nitrogens is 1. The molecule has 1 heterocycles. The van der Waals surface area contributed by atoms with E-state index in [1.165, 1.54) is 0 Å². The quantitative estimate of drug-likeness (QED) is 0.774. The van der Waals surface area contributed by atoms with Crippen LogP contribution in [0.2, 0.25) is 5.02 Å². The van der Waals surface area contributed by atoms with Gasteiger partial charge in [-0.05, 0) is 19.1 Å². The maximum absolute atomic E-state index is 9.05. The van der Waals surface area contributed by atoms with Crippen molar-refractivity contribution in [1.82, 2.24) is 4.98 Å². The molecule has 0 saturated heterocycles. The highest BCUT2D eigenvalue weighted by molar-refractivity contribution is 6.31. The van der Waals surface area contributed by atoms with Gasteiger partial charge in [0.25, 0.3) is 0 Å². The van der Waals surface area contributed by atoms with E-state index in [1.54, 1.807) is 6.07 Å². The van der Waals surface area contributed by atoms with Crippen molar-refractivity contribution in [1.29, 1.82) is 0 Å². The van der Waals surface area contributed by atoms with Crippen molar-refractivity contribution >= 4 is 17.4 Å². The standard InChI is InChI=1S/C11H17ClN2O2/c1-3-16-7-6-14(2)11-5-4-9(12)10(8-15)13-11/h4-5,15H,3,6-8H2,1-2H3. The summed E-state index contributed by atoms with van der Waals surface area (Å²) in [7, 11) is 1.93. The van der Waals surface area contributed by atoms with Gasteiger partial charge in [-0.25, -0.2) is 4.98 Å². The largest absolute Gasteiger partial charge is 0.390 e. The van der Waals surface area contributed by atoms with Gasteiger partial charge in [0.2, 0.25) is 0 Å². The molecule has 90 valence electrons. The van der Waals surface area contributed by atoms with E-state index in [9.17, 15) is 0 Å². The van der Waals surface area contributed by atoms with Crippen LogP contribution in [0.3, 0.4) is 0 Å². The van der Waals surface area contributed by atoms with Crippen molar-refractivity contribution in [2.75, 3.05) is 31.7 Å². The Morgan fingerprint density at radius 3 is 2.88 bits per heavy atom. The molecular formula is C11H17ClN2O2. The Kier molecular flexibility index (Phi) is 5.52. The van der Waals surface area contributed by atoms with Crippen LogP contribution in [-0.4, -0.2) is 36.9 Å². The molecule has 0 unspecified atom stereocenters. The molecule has 0 bridgehead atoms. The van der Waals surface area contributed by atoms with Crippen molar-refractivity contribution in [3.05, 3.63) is 22.8 Å². The molecule has 1 aromatic rings.